The molecule has 2 fully saturated rings. The number of aromatic nitrogens is 6. The Kier molecular flexibility index (Phi) is 29.7. The third kappa shape index (κ3) is 23.3. The minimum absolute atomic E-state index is 0. The summed E-state index contributed by atoms with van der Waals surface area (Å²) in [6, 6.07) is 51.4. The quantitative estimate of drug-likeness (QED) is 0.0377. The van der Waals surface area contributed by atoms with Crippen LogP contribution in [0.3, 0.4) is 0 Å². The maximum absolute atomic E-state index is 11.4. The van der Waals surface area contributed by atoms with Gasteiger partial charge in [-0.05, 0) is 110 Å². The molecule has 18 nitrogen and oxygen atoms in total. The molecule has 8 aromatic rings. The average molecular weight is 1370 g/mol. The number of carbonyl (C=O) groups is 2. The van der Waals surface area contributed by atoms with E-state index in [2.05, 4.69) is 78.3 Å². The molecule has 10 rings (SSSR count). The number of rotatable bonds is 16. The summed E-state index contributed by atoms with van der Waals surface area (Å²) in [4.78, 5) is 55.5. The second-order valence-electron chi connectivity index (χ2n) is 20.6. The first-order chi connectivity index (χ1) is 41.8. The van der Waals surface area contributed by atoms with Crippen LogP contribution in [0.4, 0.5) is 26.3 Å². The maximum atomic E-state index is 11.4. The van der Waals surface area contributed by atoms with E-state index in [0.29, 0.717) is 39.3 Å². The zero-order valence-electron chi connectivity index (χ0n) is 48.1. The van der Waals surface area contributed by atoms with Gasteiger partial charge in [0.05, 0.1) is 46.1 Å². The Labute approximate surface area is 539 Å². The molecular weight excluding hydrogens is 1300 g/mol. The van der Waals surface area contributed by atoms with Crippen molar-refractivity contribution in [3.63, 3.8) is 0 Å². The topological polar surface area (TPSA) is 278 Å². The monoisotopic (exact) mass is 1370 g/mol. The van der Waals surface area contributed by atoms with Gasteiger partial charge in [-0.1, -0.05) is 123 Å². The standard InChI is InChI=1S/C34H32N8.2C13H16O2.2CHF3O3S.2Mn/c1-5-17-35-28(9-1)21-41(22-29-10-2-6-18-36-29)25-32-15-13-27-14-16-33(40-34(27)39-32)26-42(23-30-11-3-7-19-37-30)24-31-12-4-8-20-38-31;2*14-12(15)13(9-5-2-6-10-13)11-7-3-1-4-8-11;2*2-1(3,4)8(5,6)7;;/h1-20H,21-26H2;2*1,3-4,7-8H,2,5-6,9-10H2,(H,14,15);2*(H,5,6,7);;/q;;;;;2*+3/p-4. The molecule has 0 radical (unpaired) electrons. The van der Waals surface area contributed by atoms with E-state index < -0.39 is 54.0 Å². The molecule has 6 heterocycles. The molecule has 2 saturated carbocycles. The fourth-order valence-corrected chi connectivity index (χ4v) is 9.98. The Morgan fingerprint density at radius 1 is 0.400 bits per heavy atom. The average Bonchev–Trinajstić information content (AvgIpc) is 1.55. The summed E-state index contributed by atoms with van der Waals surface area (Å²) in [7, 11) is -12.2. The molecule has 6 aromatic heterocycles. The number of hydrogen-bond donors (Lipinski definition) is 0. The van der Waals surface area contributed by atoms with Crippen molar-refractivity contribution in [3.05, 3.63) is 228 Å². The first kappa shape index (κ1) is 75.4. The Morgan fingerprint density at radius 2 is 0.656 bits per heavy atom. The van der Waals surface area contributed by atoms with E-state index in [1.807, 2.05) is 134 Å². The molecule has 0 bridgehead atoms. The Hall–Kier alpha value is -7.10. The number of halogens is 6. The summed E-state index contributed by atoms with van der Waals surface area (Å²) in [5.41, 5.74) is -4.22. The molecule has 90 heavy (non-hydrogen) atoms. The van der Waals surface area contributed by atoms with Gasteiger partial charge in [-0.2, -0.15) is 26.3 Å². The number of nitrogens with zero attached hydrogens (tertiary/aromatic N) is 8. The summed E-state index contributed by atoms with van der Waals surface area (Å²) in [5.74, 6) is -1.82. The Balaban J connectivity index is 0.000000293. The van der Waals surface area contributed by atoms with Crippen LogP contribution in [-0.4, -0.2) is 88.6 Å². The smallest absolute Gasteiger partial charge is 0.741 e. The van der Waals surface area contributed by atoms with Gasteiger partial charge in [0.2, 0.25) is 0 Å². The first-order valence-electron chi connectivity index (χ1n) is 27.7. The van der Waals surface area contributed by atoms with E-state index in [-0.39, 0.29) is 34.1 Å². The van der Waals surface area contributed by atoms with Crippen LogP contribution in [0.2, 0.25) is 0 Å². The van der Waals surface area contributed by atoms with Gasteiger partial charge < -0.3 is 28.9 Å². The van der Waals surface area contributed by atoms with Gasteiger partial charge in [0.1, 0.15) is 0 Å². The van der Waals surface area contributed by atoms with Gasteiger partial charge >= 0.3 is 45.2 Å². The third-order valence-corrected chi connectivity index (χ3v) is 15.4. The maximum Gasteiger partial charge on any atom is 3.00 e. The Bertz CT molecular complexity index is 3350. The zero-order valence-corrected chi connectivity index (χ0v) is 52.1. The zero-order chi connectivity index (χ0) is 63.9. The molecule has 28 heteroatoms. The number of carboxylic acid groups (broad SMARTS) is 2. The summed E-state index contributed by atoms with van der Waals surface area (Å²) < 4.78 is 118. The number of fused-ring (bicyclic) bond motifs is 1. The van der Waals surface area contributed by atoms with E-state index in [9.17, 15) is 46.1 Å². The van der Waals surface area contributed by atoms with Crippen molar-refractivity contribution in [1.82, 2.24) is 39.7 Å². The van der Waals surface area contributed by atoms with Crippen LogP contribution in [0.1, 0.15) is 109 Å². The fraction of sp³-hybridized carbons (Fsp3) is 0.323. The second kappa shape index (κ2) is 35.5. The van der Waals surface area contributed by atoms with Crippen molar-refractivity contribution >= 4 is 43.2 Å². The van der Waals surface area contributed by atoms with Crippen LogP contribution in [0.15, 0.2) is 183 Å². The molecule has 0 amide bonds. The van der Waals surface area contributed by atoms with Crippen molar-refractivity contribution in [3.8, 4) is 0 Å². The minimum atomic E-state index is -6.09. The predicted molar refractivity (Wildman–Crippen MR) is 306 cm³/mol. The number of carbonyl (C=O) groups excluding carboxylic acids is 2. The molecular formula is C62H62F6Mn2N8O10S2+2. The van der Waals surface area contributed by atoms with Crippen LogP contribution in [-0.2, 0) is 114 Å². The molecule has 476 valence electrons. The van der Waals surface area contributed by atoms with Crippen LogP contribution in [0, 0.1) is 0 Å². The Morgan fingerprint density at radius 3 is 0.889 bits per heavy atom. The molecule has 2 aliphatic rings. The molecule has 0 saturated heterocycles. The largest absolute Gasteiger partial charge is 3.00 e. The van der Waals surface area contributed by atoms with Crippen LogP contribution in [0.5, 0.6) is 0 Å². The molecule has 2 aliphatic carbocycles. The molecule has 2 aromatic carbocycles. The molecule has 0 atom stereocenters. The third-order valence-electron chi connectivity index (χ3n) is 14.3. The van der Waals surface area contributed by atoms with Gasteiger partial charge in [-0.3, -0.25) is 29.7 Å². The van der Waals surface area contributed by atoms with Crippen molar-refractivity contribution in [1.29, 1.82) is 0 Å². The number of aliphatic carboxylic acids is 2. The van der Waals surface area contributed by atoms with Crippen LogP contribution < -0.4 is 10.2 Å². The summed E-state index contributed by atoms with van der Waals surface area (Å²) in [6.07, 6.45) is 16.5. The number of benzene rings is 2. The van der Waals surface area contributed by atoms with Gasteiger partial charge in [-0.25, -0.2) is 26.8 Å². The number of carboxylic acids is 2. The van der Waals surface area contributed by atoms with Crippen molar-refractivity contribution in [2.24, 2.45) is 0 Å². The van der Waals surface area contributed by atoms with E-state index in [1.54, 1.807) is 0 Å². The van der Waals surface area contributed by atoms with Crippen molar-refractivity contribution in [2.45, 2.75) is 125 Å². The number of pyridine rings is 6. The minimum Gasteiger partial charge on any atom is -0.741 e. The number of alkyl halides is 6. The molecule has 0 N–H and O–H groups in total. The van der Waals surface area contributed by atoms with E-state index >= 15 is 0 Å². The summed E-state index contributed by atoms with van der Waals surface area (Å²) in [6.45, 7) is 4.09. The fourth-order valence-electron chi connectivity index (χ4n) is 9.98. The van der Waals surface area contributed by atoms with E-state index in [4.69, 9.17) is 35.9 Å². The van der Waals surface area contributed by atoms with Crippen LogP contribution >= 0.6 is 0 Å². The van der Waals surface area contributed by atoms with Crippen molar-refractivity contribution in [2.75, 3.05) is 0 Å². The van der Waals surface area contributed by atoms with Crippen LogP contribution in [0.25, 0.3) is 11.0 Å². The van der Waals surface area contributed by atoms with Gasteiger partial charge in [0, 0.05) is 80.3 Å². The molecule has 0 unspecified atom stereocenters. The normalized spacial score (nSPS) is 14.4. The van der Waals surface area contributed by atoms with Gasteiger partial charge in [-0.15, -0.1) is 0 Å². The first-order valence-corrected chi connectivity index (χ1v) is 30.5. The second-order valence-corrected chi connectivity index (χ2v) is 23.4. The van der Waals surface area contributed by atoms with Crippen molar-refractivity contribution < 1.29 is 106 Å². The van der Waals surface area contributed by atoms with Gasteiger partial charge in [0.15, 0.2) is 25.9 Å². The van der Waals surface area contributed by atoms with E-state index in [1.165, 1.54) is 0 Å². The summed E-state index contributed by atoms with van der Waals surface area (Å²) in [5, 5.41) is 23.7. The number of hydrogen-bond acceptors (Lipinski definition) is 18. The summed E-state index contributed by atoms with van der Waals surface area (Å²) >= 11 is 0. The molecule has 0 spiro atoms. The van der Waals surface area contributed by atoms with Gasteiger partial charge in [0.25, 0.3) is 0 Å². The SMILES string of the molecule is O=C([O-])C1(c2ccccc2)CCCCC1.O=C([O-])C1(c2ccccc2)CCCCC1.O=S(=O)([O-])C(F)(F)F.O=S(=O)([O-])C(F)(F)F.[Mn+3].[Mn+3].c1ccc(CN(Cc2ccccn2)Cc2ccc3ccc(CN(Cc4ccccn4)Cc4ccccn4)nc3n2)nc1. The molecule has 0 aliphatic heterocycles. The predicted octanol–water partition coefficient (Wildman–Crippen LogP) is 8.99. The van der Waals surface area contributed by atoms with E-state index in [0.717, 1.165) is 121 Å².